The summed E-state index contributed by atoms with van der Waals surface area (Å²) in [6, 6.07) is 16.0. The first-order chi connectivity index (χ1) is 9.67. The zero-order valence-electron chi connectivity index (χ0n) is 11.1. The van der Waals surface area contributed by atoms with E-state index in [-0.39, 0.29) is 0 Å². The number of rotatable bonds is 4. The predicted molar refractivity (Wildman–Crippen MR) is 92.9 cm³/mol. The molecule has 0 atom stereocenters. The minimum Gasteiger partial charge on any atom is -0.331 e. The molecule has 2 aromatic rings. The monoisotopic (exact) mass is 349 g/mol. The molecule has 0 bridgehead atoms. The van der Waals surface area contributed by atoms with Gasteiger partial charge in [-0.15, -0.1) is 0 Å². The van der Waals surface area contributed by atoms with Crippen molar-refractivity contribution < 1.29 is 0 Å². The van der Waals surface area contributed by atoms with Crippen molar-refractivity contribution in [3.8, 4) is 0 Å². The van der Waals surface area contributed by atoms with Crippen LogP contribution in [0.1, 0.15) is 12.5 Å². The lowest BCUT2D eigenvalue weighted by molar-refractivity contribution is 1.13. The van der Waals surface area contributed by atoms with Crippen molar-refractivity contribution in [2.24, 2.45) is 0 Å². The third-order valence-electron chi connectivity index (χ3n) is 2.74. The highest BCUT2D eigenvalue weighted by molar-refractivity contribution is 9.10. The van der Waals surface area contributed by atoms with Gasteiger partial charge in [0.05, 0.1) is 5.69 Å². The fourth-order valence-corrected chi connectivity index (χ4v) is 2.29. The number of hydrogen-bond acceptors (Lipinski definition) is 2. The number of nitrogens with one attached hydrogen (secondary N) is 3. The highest BCUT2D eigenvalue weighted by Gasteiger charge is 1.99. The van der Waals surface area contributed by atoms with Crippen LogP contribution in [0.15, 0.2) is 53.0 Å². The smallest absolute Gasteiger partial charge is 0.189 e. The molecule has 2 aromatic carbocycles. The molecule has 0 aliphatic carbocycles. The largest absolute Gasteiger partial charge is 0.331 e. The van der Waals surface area contributed by atoms with Crippen LogP contribution in [-0.4, -0.2) is 5.11 Å². The molecule has 0 spiro atoms. The molecular weight excluding hydrogens is 334 g/mol. The molecule has 0 fully saturated rings. The molecule has 0 aliphatic heterocycles. The minimum absolute atomic E-state index is 0.526. The van der Waals surface area contributed by atoms with Gasteiger partial charge in [-0.2, -0.15) is 0 Å². The van der Waals surface area contributed by atoms with Crippen molar-refractivity contribution in [3.63, 3.8) is 0 Å². The van der Waals surface area contributed by atoms with E-state index in [9.17, 15) is 0 Å². The summed E-state index contributed by atoms with van der Waals surface area (Å²) in [6.45, 7) is 2.13. The molecule has 0 radical (unpaired) electrons. The Kier molecular flexibility index (Phi) is 5.38. The molecule has 0 saturated heterocycles. The Morgan fingerprint density at radius 3 is 2.60 bits per heavy atom. The number of aryl methyl sites for hydroxylation is 1. The predicted octanol–water partition coefficient (Wildman–Crippen LogP) is 4.33. The van der Waals surface area contributed by atoms with Crippen molar-refractivity contribution in [1.82, 2.24) is 5.43 Å². The van der Waals surface area contributed by atoms with Crippen LogP contribution < -0.4 is 16.2 Å². The van der Waals surface area contributed by atoms with Crippen LogP contribution in [-0.2, 0) is 6.42 Å². The van der Waals surface area contributed by atoms with Gasteiger partial charge < -0.3 is 5.32 Å². The van der Waals surface area contributed by atoms with E-state index in [4.69, 9.17) is 12.2 Å². The van der Waals surface area contributed by atoms with Gasteiger partial charge in [0.25, 0.3) is 0 Å². The summed E-state index contributed by atoms with van der Waals surface area (Å²) in [6.07, 6.45) is 1.01. The summed E-state index contributed by atoms with van der Waals surface area (Å²) in [5.74, 6) is 0. The second-order valence-electron chi connectivity index (χ2n) is 4.27. The van der Waals surface area contributed by atoms with Crippen molar-refractivity contribution >= 4 is 44.6 Å². The van der Waals surface area contributed by atoms with Crippen LogP contribution >= 0.6 is 28.1 Å². The van der Waals surface area contributed by atoms with E-state index in [2.05, 4.69) is 51.2 Å². The standard InChI is InChI=1S/C15H16BrN3S/c1-2-11-5-3-7-13(9-11)17-15(20)19-18-14-8-4-6-12(16)10-14/h3-10,18H,2H2,1H3,(H2,17,19,20). The van der Waals surface area contributed by atoms with E-state index >= 15 is 0 Å². The lowest BCUT2D eigenvalue weighted by Gasteiger charge is -2.13. The van der Waals surface area contributed by atoms with Gasteiger partial charge in [-0.1, -0.05) is 41.1 Å². The number of thiocarbonyl (C=S) groups is 1. The number of anilines is 2. The molecule has 0 saturated carbocycles. The fraction of sp³-hybridized carbons (Fsp3) is 0.133. The van der Waals surface area contributed by atoms with E-state index in [1.807, 2.05) is 36.4 Å². The molecular formula is C15H16BrN3S. The zero-order valence-corrected chi connectivity index (χ0v) is 13.5. The Labute approximate surface area is 132 Å². The van der Waals surface area contributed by atoms with Crippen molar-refractivity contribution in [2.45, 2.75) is 13.3 Å². The van der Waals surface area contributed by atoms with Gasteiger partial charge >= 0.3 is 0 Å². The Hall–Kier alpha value is -1.59. The van der Waals surface area contributed by atoms with Gasteiger partial charge in [0.2, 0.25) is 0 Å². The maximum atomic E-state index is 5.25. The molecule has 5 heteroatoms. The second kappa shape index (κ2) is 7.26. The molecule has 3 nitrogen and oxygen atoms in total. The van der Waals surface area contributed by atoms with Crippen LogP contribution in [0.25, 0.3) is 0 Å². The Bertz CT molecular complexity index is 601. The topological polar surface area (TPSA) is 36.1 Å². The summed E-state index contributed by atoms with van der Waals surface area (Å²) < 4.78 is 1.01. The van der Waals surface area contributed by atoms with Crippen molar-refractivity contribution in [3.05, 3.63) is 58.6 Å². The SMILES string of the molecule is CCc1cccc(NC(=S)NNc2cccc(Br)c2)c1. The molecule has 0 aliphatic rings. The molecule has 104 valence electrons. The minimum atomic E-state index is 0.526. The first-order valence-electron chi connectivity index (χ1n) is 6.35. The third-order valence-corrected chi connectivity index (χ3v) is 3.44. The quantitative estimate of drug-likeness (QED) is 0.567. The lowest BCUT2D eigenvalue weighted by Crippen LogP contribution is -2.33. The molecule has 20 heavy (non-hydrogen) atoms. The van der Waals surface area contributed by atoms with Gasteiger partial charge in [0.1, 0.15) is 0 Å². The van der Waals surface area contributed by atoms with Crippen LogP contribution in [0.2, 0.25) is 0 Å². The molecule has 0 amide bonds. The summed E-state index contributed by atoms with van der Waals surface area (Å²) >= 11 is 8.67. The highest BCUT2D eigenvalue weighted by atomic mass is 79.9. The van der Waals surface area contributed by atoms with Crippen molar-refractivity contribution in [2.75, 3.05) is 10.7 Å². The average Bonchev–Trinajstić information content (AvgIpc) is 2.45. The molecule has 0 aromatic heterocycles. The number of halogens is 1. The van der Waals surface area contributed by atoms with E-state index in [0.717, 1.165) is 22.3 Å². The first-order valence-corrected chi connectivity index (χ1v) is 7.55. The Morgan fingerprint density at radius 2 is 1.85 bits per heavy atom. The molecule has 0 unspecified atom stereocenters. The van der Waals surface area contributed by atoms with Crippen LogP contribution in [0.5, 0.6) is 0 Å². The fourth-order valence-electron chi connectivity index (χ4n) is 1.73. The van der Waals surface area contributed by atoms with Gasteiger partial charge in [-0.05, 0) is 54.5 Å². The summed E-state index contributed by atoms with van der Waals surface area (Å²) in [7, 11) is 0. The maximum Gasteiger partial charge on any atom is 0.189 e. The number of hydrogen-bond donors (Lipinski definition) is 3. The average molecular weight is 350 g/mol. The van der Waals surface area contributed by atoms with Crippen LogP contribution in [0.4, 0.5) is 11.4 Å². The molecule has 3 N–H and O–H groups in total. The van der Waals surface area contributed by atoms with Gasteiger partial charge in [0.15, 0.2) is 5.11 Å². The first kappa shape index (κ1) is 14.8. The van der Waals surface area contributed by atoms with E-state index in [1.165, 1.54) is 5.56 Å². The summed E-state index contributed by atoms with van der Waals surface area (Å²) in [4.78, 5) is 0. The summed E-state index contributed by atoms with van der Waals surface area (Å²) in [5, 5.41) is 3.67. The molecule has 2 rings (SSSR count). The number of hydrazine groups is 1. The summed E-state index contributed by atoms with van der Waals surface area (Å²) in [5.41, 5.74) is 9.21. The van der Waals surface area contributed by atoms with Gasteiger partial charge in [0, 0.05) is 10.2 Å². The Morgan fingerprint density at radius 1 is 1.10 bits per heavy atom. The number of benzene rings is 2. The van der Waals surface area contributed by atoms with Crippen molar-refractivity contribution in [1.29, 1.82) is 0 Å². The van der Waals surface area contributed by atoms with E-state index in [0.29, 0.717) is 5.11 Å². The second-order valence-corrected chi connectivity index (χ2v) is 5.59. The van der Waals surface area contributed by atoms with E-state index < -0.39 is 0 Å². The lowest BCUT2D eigenvalue weighted by atomic mass is 10.1. The normalized spacial score (nSPS) is 9.90. The van der Waals surface area contributed by atoms with Gasteiger partial charge in [-0.3, -0.25) is 10.9 Å². The van der Waals surface area contributed by atoms with Gasteiger partial charge in [-0.25, -0.2) is 0 Å². The highest BCUT2D eigenvalue weighted by Crippen LogP contribution is 2.15. The van der Waals surface area contributed by atoms with E-state index in [1.54, 1.807) is 0 Å². The zero-order chi connectivity index (χ0) is 14.4. The maximum absolute atomic E-state index is 5.25. The third kappa shape index (κ3) is 4.51. The van der Waals surface area contributed by atoms with Crippen LogP contribution in [0.3, 0.4) is 0 Å². The molecule has 0 heterocycles. The Balaban J connectivity index is 1.89. The van der Waals surface area contributed by atoms with Crippen LogP contribution in [0, 0.1) is 0 Å².